The molecule has 0 aliphatic heterocycles. The van der Waals surface area contributed by atoms with Crippen LogP contribution in [0.5, 0.6) is 0 Å². The van der Waals surface area contributed by atoms with Crippen LogP contribution in [0, 0.1) is 5.92 Å². The summed E-state index contributed by atoms with van der Waals surface area (Å²) in [4.78, 5) is 22.3. The molecular weight excluding hydrogens is 192 g/mol. The normalized spacial score (nSPS) is 11.3. The highest BCUT2D eigenvalue weighted by Gasteiger charge is 2.09. The number of hydrogen-bond acceptors (Lipinski definition) is 3. The molecule has 0 heterocycles. The molecule has 0 bridgehead atoms. The third-order valence-electron chi connectivity index (χ3n) is 1.60. The second-order valence-corrected chi connectivity index (χ2v) is 4.21. The Morgan fingerprint density at radius 3 is 2.27 bits per heavy atom. The molecule has 86 valence electrons. The third kappa shape index (κ3) is 9.19. The topological polar surface area (TPSA) is 43.4 Å². The van der Waals surface area contributed by atoms with Crippen molar-refractivity contribution in [3.8, 4) is 0 Å². The molecule has 0 amide bonds. The van der Waals surface area contributed by atoms with Gasteiger partial charge in [0, 0.05) is 0 Å². The van der Waals surface area contributed by atoms with E-state index in [1.165, 1.54) is 6.08 Å². The van der Waals surface area contributed by atoms with Crippen LogP contribution in [-0.2, 0) is 14.3 Å². The van der Waals surface area contributed by atoms with Crippen molar-refractivity contribution >= 4 is 11.8 Å². The van der Waals surface area contributed by atoms with E-state index in [1.807, 2.05) is 0 Å². The lowest BCUT2D eigenvalue weighted by Gasteiger charge is -2.05. The van der Waals surface area contributed by atoms with Crippen LogP contribution in [0.15, 0.2) is 12.2 Å². The first-order valence-electron chi connectivity index (χ1n) is 5.30. The van der Waals surface area contributed by atoms with Crippen LogP contribution in [0.25, 0.3) is 0 Å². The van der Waals surface area contributed by atoms with Gasteiger partial charge in [0.05, 0.1) is 6.10 Å². The summed E-state index contributed by atoms with van der Waals surface area (Å²) in [5.41, 5.74) is 0. The molecule has 0 saturated carbocycles. The second-order valence-electron chi connectivity index (χ2n) is 4.21. The maximum atomic E-state index is 11.2. The van der Waals surface area contributed by atoms with Crippen molar-refractivity contribution in [3.63, 3.8) is 0 Å². The van der Waals surface area contributed by atoms with Gasteiger partial charge in [-0.25, -0.2) is 0 Å². The number of ether oxygens (including phenoxy) is 1. The zero-order chi connectivity index (χ0) is 11.8. The van der Waals surface area contributed by atoms with Crippen LogP contribution in [0.2, 0.25) is 0 Å². The van der Waals surface area contributed by atoms with Gasteiger partial charge in [-0.15, -0.1) is 0 Å². The molecular formula is C12H20O3. The minimum absolute atomic E-state index is 0.160. The first kappa shape index (κ1) is 13.9. The van der Waals surface area contributed by atoms with E-state index < -0.39 is 5.97 Å². The molecule has 0 aliphatic carbocycles. The fourth-order valence-electron chi connectivity index (χ4n) is 0.977. The maximum Gasteiger partial charge on any atom is 0.313 e. The Bertz CT molecular complexity index is 239. The molecule has 0 aliphatic rings. The molecule has 0 aromatic carbocycles. The van der Waals surface area contributed by atoms with E-state index >= 15 is 0 Å². The van der Waals surface area contributed by atoms with Crippen molar-refractivity contribution in [3.05, 3.63) is 12.2 Å². The molecule has 3 nitrogen and oxygen atoms in total. The van der Waals surface area contributed by atoms with Crippen LogP contribution in [-0.4, -0.2) is 17.9 Å². The van der Waals surface area contributed by atoms with E-state index in [0.29, 0.717) is 5.92 Å². The molecule has 0 atom stereocenters. The smallest absolute Gasteiger partial charge is 0.313 e. The number of allylic oxidation sites excluding steroid dienone is 2. The molecule has 0 radical (unpaired) electrons. The summed E-state index contributed by atoms with van der Waals surface area (Å²) < 4.78 is 4.85. The maximum absolute atomic E-state index is 11.2. The zero-order valence-corrected chi connectivity index (χ0v) is 9.95. The molecule has 15 heavy (non-hydrogen) atoms. The van der Waals surface area contributed by atoms with Gasteiger partial charge in [-0.2, -0.15) is 0 Å². The van der Waals surface area contributed by atoms with Crippen molar-refractivity contribution in [2.75, 3.05) is 0 Å². The van der Waals surface area contributed by atoms with E-state index in [1.54, 1.807) is 19.9 Å². The molecule has 0 fully saturated rings. The number of carbonyl (C=O) groups excluding carboxylic acids is 2. The Morgan fingerprint density at radius 1 is 1.20 bits per heavy atom. The first-order valence-corrected chi connectivity index (χ1v) is 5.30. The lowest BCUT2D eigenvalue weighted by atomic mass is 10.1. The Morgan fingerprint density at radius 2 is 1.80 bits per heavy atom. The number of esters is 1. The summed E-state index contributed by atoms with van der Waals surface area (Å²) in [5.74, 6) is -0.123. The van der Waals surface area contributed by atoms with Crippen LogP contribution in [0.3, 0.4) is 0 Å². The number of rotatable bonds is 6. The summed E-state index contributed by atoms with van der Waals surface area (Å²) in [6, 6.07) is 0. The van der Waals surface area contributed by atoms with Crippen molar-refractivity contribution < 1.29 is 14.3 Å². The predicted octanol–water partition coefficient (Wildman–Crippen LogP) is 2.50. The summed E-state index contributed by atoms with van der Waals surface area (Å²) in [6.07, 6.45) is 3.79. The Labute approximate surface area is 91.5 Å². The molecule has 0 unspecified atom stereocenters. The number of hydrogen-bond donors (Lipinski definition) is 0. The van der Waals surface area contributed by atoms with Crippen LogP contribution >= 0.6 is 0 Å². The van der Waals surface area contributed by atoms with Crippen LogP contribution < -0.4 is 0 Å². The highest BCUT2D eigenvalue weighted by molar-refractivity contribution is 6.01. The van der Waals surface area contributed by atoms with Crippen molar-refractivity contribution in [2.45, 2.75) is 46.6 Å². The molecule has 0 aromatic heterocycles. The Kier molecular flexibility index (Phi) is 6.67. The third-order valence-corrected chi connectivity index (χ3v) is 1.60. The van der Waals surface area contributed by atoms with Gasteiger partial charge in [-0.05, 0) is 32.3 Å². The predicted molar refractivity (Wildman–Crippen MR) is 59.4 cm³/mol. The molecule has 0 N–H and O–H groups in total. The average Bonchev–Trinajstić information content (AvgIpc) is 2.00. The second kappa shape index (κ2) is 7.21. The van der Waals surface area contributed by atoms with Gasteiger partial charge < -0.3 is 4.74 Å². The van der Waals surface area contributed by atoms with Crippen molar-refractivity contribution in [1.29, 1.82) is 0 Å². The van der Waals surface area contributed by atoms with E-state index in [-0.39, 0.29) is 18.3 Å². The van der Waals surface area contributed by atoms with Crippen molar-refractivity contribution in [2.24, 2.45) is 5.92 Å². The van der Waals surface area contributed by atoms with Crippen molar-refractivity contribution in [1.82, 2.24) is 0 Å². The zero-order valence-electron chi connectivity index (χ0n) is 9.95. The lowest BCUT2D eigenvalue weighted by Crippen LogP contribution is -2.14. The Balaban J connectivity index is 3.83. The molecule has 0 spiro atoms. The molecule has 3 heteroatoms. The monoisotopic (exact) mass is 212 g/mol. The average molecular weight is 212 g/mol. The van der Waals surface area contributed by atoms with Gasteiger partial charge in [0.1, 0.15) is 6.42 Å². The van der Waals surface area contributed by atoms with E-state index in [0.717, 1.165) is 6.42 Å². The molecule has 0 rings (SSSR count). The number of ketones is 1. The highest BCUT2D eigenvalue weighted by Crippen LogP contribution is 2.01. The SMILES string of the molecule is CC(C)CC=CC(=O)CC(=O)OC(C)C. The summed E-state index contributed by atoms with van der Waals surface area (Å²) >= 11 is 0. The van der Waals surface area contributed by atoms with Crippen LogP contribution in [0.4, 0.5) is 0 Å². The van der Waals surface area contributed by atoms with Gasteiger partial charge in [-0.1, -0.05) is 19.9 Å². The van der Waals surface area contributed by atoms with Gasteiger partial charge >= 0.3 is 5.97 Å². The minimum atomic E-state index is -0.454. The first-order chi connectivity index (χ1) is 6.91. The van der Waals surface area contributed by atoms with E-state index in [2.05, 4.69) is 13.8 Å². The fraction of sp³-hybridized carbons (Fsp3) is 0.667. The molecule has 0 saturated heterocycles. The van der Waals surface area contributed by atoms with E-state index in [9.17, 15) is 9.59 Å². The standard InChI is InChI=1S/C12H20O3/c1-9(2)6-5-7-11(13)8-12(14)15-10(3)4/h5,7,9-10H,6,8H2,1-4H3. The summed E-state index contributed by atoms with van der Waals surface area (Å²) in [7, 11) is 0. The quantitative estimate of drug-likeness (QED) is 0.386. The lowest BCUT2D eigenvalue weighted by molar-refractivity contribution is -0.148. The Hall–Kier alpha value is -1.12. The number of carbonyl (C=O) groups is 2. The van der Waals surface area contributed by atoms with Gasteiger partial charge in [0.2, 0.25) is 0 Å². The van der Waals surface area contributed by atoms with Gasteiger partial charge in [-0.3, -0.25) is 9.59 Å². The summed E-state index contributed by atoms with van der Waals surface area (Å²) in [5, 5.41) is 0. The molecule has 0 aromatic rings. The minimum Gasteiger partial charge on any atom is -0.463 e. The van der Waals surface area contributed by atoms with E-state index in [4.69, 9.17) is 4.74 Å². The van der Waals surface area contributed by atoms with Crippen LogP contribution in [0.1, 0.15) is 40.5 Å². The summed E-state index contributed by atoms with van der Waals surface area (Å²) in [6.45, 7) is 7.66. The largest absolute Gasteiger partial charge is 0.463 e. The highest BCUT2D eigenvalue weighted by atomic mass is 16.5. The fourth-order valence-corrected chi connectivity index (χ4v) is 0.977. The van der Waals surface area contributed by atoms with Gasteiger partial charge in [0.15, 0.2) is 5.78 Å². The van der Waals surface area contributed by atoms with Gasteiger partial charge in [0.25, 0.3) is 0 Å².